The summed E-state index contributed by atoms with van der Waals surface area (Å²) in [6.45, 7) is 0. The first-order valence-electron chi connectivity index (χ1n) is 3.36. The monoisotopic (exact) mass is 275 g/mol. The van der Waals surface area contributed by atoms with E-state index in [9.17, 15) is 0 Å². The van der Waals surface area contributed by atoms with Gasteiger partial charge < -0.3 is 0 Å². The Labute approximate surface area is 94.7 Å². The predicted octanol–water partition coefficient (Wildman–Crippen LogP) is 4.21. The molecule has 0 radical (unpaired) electrons. The first-order chi connectivity index (χ1) is 6.15. The van der Waals surface area contributed by atoms with Crippen LogP contribution >= 0.6 is 39.1 Å². The maximum absolute atomic E-state index is 8.37. The second kappa shape index (κ2) is 4.66. The molecule has 1 nitrogen and oxygen atoms in total. The van der Waals surface area contributed by atoms with E-state index in [-0.39, 0.29) is 0 Å². The molecule has 1 rings (SSSR count). The minimum Gasteiger partial charge on any atom is -0.193 e. The molecule has 0 aliphatic heterocycles. The van der Waals surface area contributed by atoms with Crippen LogP contribution in [0.4, 0.5) is 0 Å². The summed E-state index contributed by atoms with van der Waals surface area (Å²) in [5, 5.41) is 9.33. The lowest BCUT2D eigenvalue weighted by molar-refractivity contribution is 1.53. The van der Waals surface area contributed by atoms with Gasteiger partial charge in [0.25, 0.3) is 0 Å². The Kier molecular flexibility index (Phi) is 3.80. The number of hydrogen-bond donors (Lipinski definition) is 0. The number of hydrogen-bond acceptors (Lipinski definition) is 1. The van der Waals surface area contributed by atoms with Crippen LogP contribution in [0.15, 0.2) is 28.7 Å². The van der Waals surface area contributed by atoms with Crippen LogP contribution in [0.3, 0.4) is 0 Å². The van der Waals surface area contributed by atoms with Crippen molar-refractivity contribution >= 4 is 44.2 Å². The van der Waals surface area contributed by atoms with E-state index in [4.69, 9.17) is 28.5 Å². The number of nitrogens with zero attached hydrogens (tertiary/aromatic N) is 1. The van der Waals surface area contributed by atoms with Crippen molar-refractivity contribution in [1.29, 1.82) is 5.26 Å². The SMILES string of the molecule is N#C/C=C(/Cl)c1ccc(Br)c(Cl)c1. The average molecular weight is 277 g/mol. The highest BCUT2D eigenvalue weighted by Gasteiger charge is 2.01. The molecule has 4 heteroatoms. The van der Waals surface area contributed by atoms with Gasteiger partial charge in [-0.05, 0) is 33.6 Å². The number of nitriles is 1. The molecule has 1 aromatic carbocycles. The molecule has 0 aliphatic carbocycles. The van der Waals surface area contributed by atoms with Crippen LogP contribution in [-0.2, 0) is 0 Å². The number of allylic oxidation sites excluding steroid dienone is 1. The zero-order valence-electron chi connectivity index (χ0n) is 6.39. The quantitative estimate of drug-likeness (QED) is 0.705. The van der Waals surface area contributed by atoms with Gasteiger partial charge in [0, 0.05) is 10.5 Å². The van der Waals surface area contributed by atoms with Crippen LogP contribution in [0.2, 0.25) is 5.02 Å². The molecule has 0 heterocycles. The topological polar surface area (TPSA) is 23.8 Å². The van der Waals surface area contributed by atoms with E-state index in [1.807, 2.05) is 6.07 Å². The Morgan fingerprint density at radius 3 is 2.77 bits per heavy atom. The van der Waals surface area contributed by atoms with Gasteiger partial charge in [-0.15, -0.1) is 0 Å². The standard InChI is InChI=1S/C9H4BrCl2N/c10-7-2-1-6(5-9(7)12)8(11)3-4-13/h1-3,5H/b8-3+. The predicted molar refractivity (Wildman–Crippen MR) is 58.6 cm³/mol. The highest BCUT2D eigenvalue weighted by molar-refractivity contribution is 9.10. The first kappa shape index (κ1) is 10.6. The van der Waals surface area contributed by atoms with Crippen molar-refractivity contribution < 1.29 is 0 Å². The molecular formula is C9H4BrCl2N. The van der Waals surface area contributed by atoms with Gasteiger partial charge in [-0.2, -0.15) is 5.26 Å². The summed E-state index contributed by atoms with van der Waals surface area (Å²) in [4.78, 5) is 0. The normalized spacial score (nSPS) is 11.1. The molecule has 0 aliphatic rings. The zero-order chi connectivity index (χ0) is 9.84. The Hall–Kier alpha value is -0.490. The Bertz CT molecular complexity index is 393. The third-order valence-corrected chi connectivity index (χ3v) is 2.95. The fourth-order valence-corrected chi connectivity index (χ4v) is 1.38. The summed E-state index contributed by atoms with van der Waals surface area (Å²) >= 11 is 14.9. The lowest BCUT2D eigenvalue weighted by atomic mass is 10.2. The summed E-state index contributed by atoms with van der Waals surface area (Å²) < 4.78 is 0.805. The molecule has 0 amide bonds. The highest BCUT2D eigenvalue weighted by Crippen LogP contribution is 2.27. The number of benzene rings is 1. The molecule has 0 saturated carbocycles. The molecule has 13 heavy (non-hydrogen) atoms. The summed E-state index contributed by atoms with van der Waals surface area (Å²) in [5.41, 5.74) is 0.733. The summed E-state index contributed by atoms with van der Waals surface area (Å²) in [6, 6.07) is 7.11. The van der Waals surface area contributed by atoms with Crippen LogP contribution in [0, 0.1) is 11.3 Å². The summed E-state index contributed by atoms with van der Waals surface area (Å²) in [5.74, 6) is 0. The Balaban J connectivity index is 3.13. The van der Waals surface area contributed by atoms with Crippen LogP contribution in [0.25, 0.3) is 5.03 Å². The van der Waals surface area contributed by atoms with Gasteiger partial charge >= 0.3 is 0 Å². The van der Waals surface area contributed by atoms with Crippen LogP contribution in [0.5, 0.6) is 0 Å². The molecule has 0 fully saturated rings. The molecular weight excluding hydrogens is 273 g/mol. The van der Waals surface area contributed by atoms with Crippen LogP contribution in [0.1, 0.15) is 5.56 Å². The van der Waals surface area contributed by atoms with E-state index in [1.54, 1.807) is 18.2 Å². The molecule has 66 valence electrons. The van der Waals surface area contributed by atoms with Crippen LogP contribution in [-0.4, -0.2) is 0 Å². The second-order valence-electron chi connectivity index (χ2n) is 2.25. The summed E-state index contributed by atoms with van der Waals surface area (Å²) in [7, 11) is 0. The van der Waals surface area contributed by atoms with E-state index in [2.05, 4.69) is 15.9 Å². The Morgan fingerprint density at radius 2 is 2.23 bits per heavy atom. The first-order valence-corrected chi connectivity index (χ1v) is 4.90. The maximum atomic E-state index is 8.37. The third-order valence-electron chi connectivity index (χ3n) is 1.39. The smallest absolute Gasteiger partial charge is 0.0927 e. The maximum Gasteiger partial charge on any atom is 0.0927 e. The van der Waals surface area contributed by atoms with E-state index < -0.39 is 0 Å². The van der Waals surface area contributed by atoms with E-state index in [0.29, 0.717) is 10.1 Å². The van der Waals surface area contributed by atoms with Gasteiger partial charge in [0.15, 0.2) is 0 Å². The molecule has 0 atom stereocenters. The van der Waals surface area contributed by atoms with Crippen molar-refractivity contribution in [3.63, 3.8) is 0 Å². The van der Waals surface area contributed by atoms with Gasteiger partial charge in [-0.25, -0.2) is 0 Å². The van der Waals surface area contributed by atoms with Gasteiger partial charge in [-0.3, -0.25) is 0 Å². The molecule has 0 saturated heterocycles. The van der Waals surface area contributed by atoms with Crippen LogP contribution < -0.4 is 0 Å². The highest BCUT2D eigenvalue weighted by atomic mass is 79.9. The van der Waals surface area contributed by atoms with E-state index in [0.717, 1.165) is 10.0 Å². The lowest BCUT2D eigenvalue weighted by Crippen LogP contribution is -1.77. The molecule has 0 N–H and O–H groups in total. The van der Waals surface area contributed by atoms with Gasteiger partial charge in [-0.1, -0.05) is 29.3 Å². The fraction of sp³-hybridized carbons (Fsp3) is 0. The largest absolute Gasteiger partial charge is 0.193 e. The van der Waals surface area contributed by atoms with Crippen molar-refractivity contribution in [3.05, 3.63) is 39.3 Å². The van der Waals surface area contributed by atoms with Gasteiger partial charge in [0.05, 0.1) is 16.1 Å². The van der Waals surface area contributed by atoms with Gasteiger partial charge in [0.1, 0.15) is 0 Å². The lowest BCUT2D eigenvalue weighted by Gasteiger charge is -1.99. The number of halogens is 3. The van der Waals surface area contributed by atoms with Crippen molar-refractivity contribution in [2.75, 3.05) is 0 Å². The second-order valence-corrected chi connectivity index (χ2v) is 3.92. The Morgan fingerprint density at radius 1 is 1.54 bits per heavy atom. The average Bonchev–Trinajstić information content (AvgIpc) is 2.10. The van der Waals surface area contributed by atoms with Gasteiger partial charge in [0.2, 0.25) is 0 Å². The van der Waals surface area contributed by atoms with Crippen molar-refractivity contribution in [1.82, 2.24) is 0 Å². The van der Waals surface area contributed by atoms with Crippen molar-refractivity contribution in [3.8, 4) is 6.07 Å². The van der Waals surface area contributed by atoms with Crippen molar-refractivity contribution in [2.45, 2.75) is 0 Å². The van der Waals surface area contributed by atoms with E-state index >= 15 is 0 Å². The molecule has 0 aromatic heterocycles. The molecule has 0 unspecified atom stereocenters. The molecule has 1 aromatic rings. The number of rotatable bonds is 1. The molecule has 0 spiro atoms. The van der Waals surface area contributed by atoms with Crippen molar-refractivity contribution in [2.24, 2.45) is 0 Å². The van der Waals surface area contributed by atoms with E-state index in [1.165, 1.54) is 6.08 Å². The molecule has 0 bridgehead atoms. The zero-order valence-corrected chi connectivity index (χ0v) is 9.49. The summed E-state index contributed by atoms with van der Waals surface area (Å²) in [6.07, 6.45) is 1.27. The minimum absolute atomic E-state index is 0.386. The fourth-order valence-electron chi connectivity index (χ4n) is 0.785. The minimum atomic E-state index is 0.386. The third kappa shape index (κ3) is 2.73.